The van der Waals surface area contributed by atoms with Gasteiger partial charge >= 0.3 is 0 Å². The Balaban J connectivity index is 2.17. The SMILES string of the molecule is CC[C@H]1CC[C@@H](CO)CC1. The van der Waals surface area contributed by atoms with Crippen molar-refractivity contribution in [3.8, 4) is 0 Å². The first-order chi connectivity index (χ1) is 4.86. The van der Waals surface area contributed by atoms with Crippen LogP contribution < -0.4 is 0 Å². The van der Waals surface area contributed by atoms with E-state index < -0.39 is 0 Å². The summed E-state index contributed by atoms with van der Waals surface area (Å²) in [5, 5.41) is 8.85. The first-order valence-electron chi connectivity index (χ1n) is 4.47. The van der Waals surface area contributed by atoms with Gasteiger partial charge < -0.3 is 5.11 Å². The molecule has 0 heterocycles. The van der Waals surface area contributed by atoms with E-state index in [2.05, 4.69) is 6.92 Å². The van der Waals surface area contributed by atoms with Crippen LogP contribution in [-0.2, 0) is 0 Å². The quantitative estimate of drug-likeness (QED) is 0.626. The third-order valence-electron chi connectivity index (χ3n) is 2.80. The molecule has 1 fully saturated rings. The Bertz CT molecular complexity index is 70.7. The van der Waals surface area contributed by atoms with Gasteiger partial charge in [-0.3, -0.25) is 0 Å². The van der Waals surface area contributed by atoms with Crippen molar-refractivity contribution in [2.45, 2.75) is 39.0 Å². The van der Waals surface area contributed by atoms with Crippen molar-refractivity contribution in [1.82, 2.24) is 0 Å². The van der Waals surface area contributed by atoms with Gasteiger partial charge in [0.25, 0.3) is 0 Å². The molecule has 1 aliphatic rings. The molecule has 1 aliphatic carbocycles. The summed E-state index contributed by atoms with van der Waals surface area (Å²) >= 11 is 0. The van der Waals surface area contributed by atoms with E-state index in [0.717, 1.165) is 5.92 Å². The van der Waals surface area contributed by atoms with Gasteiger partial charge in [0, 0.05) is 6.61 Å². The lowest BCUT2D eigenvalue weighted by Crippen LogP contribution is -2.16. The molecule has 0 aliphatic heterocycles. The van der Waals surface area contributed by atoms with Gasteiger partial charge in [-0.25, -0.2) is 0 Å². The maximum Gasteiger partial charge on any atom is 0.0459 e. The van der Waals surface area contributed by atoms with Crippen molar-refractivity contribution in [3.05, 3.63) is 0 Å². The summed E-state index contributed by atoms with van der Waals surface area (Å²) in [6.45, 7) is 2.68. The molecule has 0 aromatic heterocycles. The van der Waals surface area contributed by atoms with Gasteiger partial charge in [0.05, 0.1) is 0 Å². The van der Waals surface area contributed by atoms with Crippen LogP contribution in [0.5, 0.6) is 0 Å². The maximum absolute atomic E-state index is 8.85. The van der Waals surface area contributed by atoms with Crippen LogP contribution >= 0.6 is 0 Å². The monoisotopic (exact) mass is 142 g/mol. The number of rotatable bonds is 2. The summed E-state index contributed by atoms with van der Waals surface area (Å²) < 4.78 is 0. The first-order valence-corrected chi connectivity index (χ1v) is 4.47. The van der Waals surface area contributed by atoms with E-state index in [1.807, 2.05) is 0 Å². The van der Waals surface area contributed by atoms with Crippen LogP contribution in [0.4, 0.5) is 0 Å². The first kappa shape index (κ1) is 8.06. The minimum atomic E-state index is 0.413. The van der Waals surface area contributed by atoms with Crippen molar-refractivity contribution in [2.24, 2.45) is 11.8 Å². The highest BCUT2D eigenvalue weighted by molar-refractivity contribution is 4.70. The average molecular weight is 142 g/mol. The Morgan fingerprint density at radius 3 is 2.00 bits per heavy atom. The van der Waals surface area contributed by atoms with Crippen LogP contribution in [0, 0.1) is 11.8 Å². The predicted molar refractivity (Wildman–Crippen MR) is 42.8 cm³/mol. The summed E-state index contributed by atoms with van der Waals surface area (Å²) in [7, 11) is 0. The summed E-state index contributed by atoms with van der Waals surface area (Å²) in [4.78, 5) is 0. The lowest BCUT2D eigenvalue weighted by atomic mass is 9.81. The van der Waals surface area contributed by atoms with Crippen molar-refractivity contribution in [2.75, 3.05) is 6.61 Å². The summed E-state index contributed by atoms with van der Waals surface area (Å²) in [5.41, 5.74) is 0. The predicted octanol–water partition coefficient (Wildman–Crippen LogP) is 2.20. The molecule has 0 aromatic rings. The highest BCUT2D eigenvalue weighted by Gasteiger charge is 2.18. The van der Waals surface area contributed by atoms with Gasteiger partial charge in [0.2, 0.25) is 0 Å². The van der Waals surface area contributed by atoms with Crippen molar-refractivity contribution >= 4 is 0 Å². The number of aliphatic hydroxyl groups excluding tert-OH is 1. The van der Waals surface area contributed by atoms with Gasteiger partial charge in [-0.2, -0.15) is 0 Å². The zero-order valence-corrected chi connectivity index (χ0v) is 6.84. The molecule has 10 heavy (non-hydrogen) atoms. The number of hydrogen-bond acceptors (Lipinski definition) is 1. The number of hydrogen-bond donors (Lipinski definition) is 1. The van der Waals surface area contributed by atoms with Gasteiger partial charge in [0.15, 0.2) is 0 Å². The average Bonchev–Trinajstić information content (AvgIpc) is 2.05. The molecule has 0 unspecified atom stereocenters. The van der Waals surface area contributed by atoms with E-state index in [1.54, 1.807) is 0 Å². The van der Waals surface area contributed by atoms with Gasteiger partial charge in [-0.05, 0) is 24.7 Å². The molecule has 0 amide bonds. The molecular weight excluding hydrogens is 124 g/mol. The van der Waals surface area contributed by atoms with Crippen LogP contribution in [0.15, 0.2) is 0 Å². The Hall–Kier alpha value is -0.0400. The molecule has 0 bridgehead atoms. The minimum Gasteiger partial charge on any atom is -0.396 e. The summed E-state index contributed by atoms with van der Waals surface area (Å²) in [5.74, 6) is 1.59. The fourth-order valence-electron chi connectivity index (χ4n) is 1.82. The highest BCUT2D eigenvalue weighted by atomic mass is 16.3. The molecule has 1 N–H and O–H groups in total. The van der Waals surface area contributed by atoms with Gasteiger partial charge in [-0.1, -0.05) is 26.2 Å². The molecule has 1 heteroatoms. The van der Waals surface area contributed by atoms with Crippen molar-refractivity contribution in [1.29, 1.82) is 0 Å². The van der Waals surface area contributed by atoms with Crippen molar-refractivity contribution in [3.63, 3.8) is 0 Å². The number of aliphatic hydroxyl groups is 1. The van der Waals surface area contributed by atoms with Crippen LogP contribution in [0.3, 0.4) is 0 Å². The van der Waals surface area contributed by atoms with E-state index >= 15 is 0 Å². The van der Waals surface area contributed by atoms with E-state index in [9.17, 15) is 0 Å². The Morgan fingerprint density at radius 2 is 1.60 bits per heavy atom. The van der Waals surface area contributed by atoms with Crippen LogP contribution in [0.1, 0.15) is 39.0 Å². The largest absolute Gasteiger partial charge is 0.396 e. The normalized spacial score (nSPS) is 34.2. The second-order valence-corrected chi connectivity index (χ2v) is 3.48. The third-order valence-corrected chi connectivity index (χ3v) is 2.80. The molecule has 60 valence electrons. The maximum atomic E-state index is 8.85. The molecule has 1 saturated carbocycles. The fourth-order valence-corrected chi connectivity index (χ4v) is 1.82. The van der Waals surface area contributed by atoms with Crippen LogP contribution in [-0.4, -0.2) is 11.7 Å². The van der Waals surface area contributed by atoms with Crippen molar-refractivity contribution < 1.29 is 5.11 Å². The Labute approximate surface area is 63.4 Å². The fraction of sp³-hybridized carbons (Fsp3) is 1.00. The zero-order valence-electron chi connectivity index (χ0n) is 6.84. The molecule has 1 rings (SSSR count). The second-order valence-electron chi connectivity index (χ2n) is 3.48. The molecule has 0 radical (unpaired) electrons. The topological polar surface area (TPSA) is 20.2 Å². The van der Waals surface area contributed by atoms with Crippen LogP contribution in [0.25, 0.3) is 0 Å². The van der Waals surface area contributed by atoms with E-state index in [1.165, 1.54) is 32.1 Å². The second kappa shape index (κ2) is 3.97. The van der Waals surface area contributed by atoms with Crippen LogP contribution in [0.2, 0.25) is 0 Å². The molecular formula is C9H18O. The molecule has 1 nitrogen and oxygen atoms in total. The Morgan fingerprint density at radius 1 is 1.10 bits per heavy atom. The molecule has 0 spiro atoms. The Kier molecular flexibility index (Phi) is 3.20. The molecule has 0 aromatic carbocycles. The lowest BCUT2D eigenvalue weighted by molar-refractivity contribution is 0.166. The minimum absolute atomic E-state index is 0.413. The third kappa shape index (κ3) is 1.98. The van der Waals surface area contributed by atoms with E-state index in [-0.39, 0.29) is 0 Å². The standard InChI is InChI=1S/C9H18O/c1-2-8-3-5-9(7-10)6-4-8/h8-10H,2-7H2,1H3/t8-,9+. The highest BCUT2D eigenvalue weighted by Crippen LogP contribution is 2.29. The van der Waals surface area contributed by atoms with Gasteiger partial charge in [0.1, 0.15) is 0 Å². The zero-order chi connectivity index (χ0) is 7.40. The molecule has 0 saturated heterocycles. The molecule has 0 atom stereocenters. The summed E-state index contributed by atoms with van der Waals surface area (Å²) in [6.07, 6.45) is 6.55. The summed E-state index contributed by atoms with van der Waals surface area (Å²) in [6, 6.07) is 0. The smallest absolute Gasteiger partial charge is 0.0459 e. The van der Waals surface area contributed by atoms with E-state index in [0.29, 0.717) is 12.5 Å². The lowest BCUT2D eigenvalue weighted by Gasteiger charge is -2.26. The van der Waals surface area contributed by atoms with Gasteiger partial charge in [-0.15, -0.1) is 0 Å². The van der Waals surface area contributed by atoms with E-state index in [4.69, 9.17) is 5.11 Å².